The number of unbranched alkanes of at least 4 members (excludes halogenated alkanes) is 1. The summed E-state index contributed by atoms with van der Waals surface area (Å²) in [6, 6.07) is 10.2. The number of thiol groups is 1. The van der Waals surface area contributed by atoms with Crippen molar-refractivity contribution in [1.29, 1.82) is 0 Å². The second kappa shape index (κ2) is 23.4. The molecular formula is C33H51BrN5O3S+. The van der Waals surface area contributed by atoms with Crippen molar-refractivity contribution in [2.45, 2.75) is 73.9 Å². The lowest BCUT2D eigenvalue weighted by molar-refractivity contribution is -0.684. The SMILES string of the molecule is CBr.CC.CC.CCCC.Nc1ccc(NCCCn2cc[n+](CC(=O)NCCS)c2)c2c1C(=O)c1ccccc1C2=O. The van der Waals surface area contributed by atoms with Crippen LogP contribution in [0.4, 0.5) is 11.4 Å². The van der Waals surface area contributed by atoms with Gasteiger partial charge in [0.05, 0.1) is 17.7 Å². The fraction of sp³-hybridized carbons (Fsp3) is 0.455. The molecule has 0 saturated heterocycles. The standard InChI is InChI=1S/C24H25N5O3S.C4H10.2C2H6.CH3Br/c25-18-6-7-19(22-21(18)23(31)16-4-1-2-5-17(16)24(22)32)26-8-3-10-28-11-12-29(15-28)14-20(30)27-9-13-33;1-3-4-2;3*1-2/h1-2,4-7,11-12,15,26H,3,8-10,13-14,25H2,(H-,27,30,33);3-4H2,1-2H3;2*1-2H3;1H3/p+1. The first-order valence-electron chi connectivity index (χ1n) is 15.1. The molecule has 238 valence electrons. The molecule has 0 unspecified atom stereocenters. The predicted molar refractivity (Wildman–Crippen MR) is 187 cm³/mol. The Morgan fingerprint density at radius 2 is 1.51 bits per heavy atom. The number of carbonyl (C=O) groups is 3. The Labute approximate surface area is 272 Å². The summed E-state index contributed by atoms with van der Waals surface area (Å²) in [5.74, 6) is 1.94. The fourth-order valence-corrected chi connectivity index (χ4v) is 4.07. The van der Waals surface area contributed by atoms with Crippen LogP contribution < -0.4 is 20.9 Å². The lowest BCUT2D eigenvalue weighted by Gasteiger charge is -2.22. The van der Waals surface area contributed by atoms with E-state index in [9.17, 15) is 14.4 Å². The Kier molecular flexibility index (Phi) is 21.7. The molecule has 3 aromatic rings. The van der Waals surface area contributed by atoms with Gasteiger partial charge in [-0.3, -0.25) is 14.4 Å². The molecule has 0 bridgehead atoms. The number of amides is 1. The van der Waals surface area contributed by atoms with E-state index in [2.05, 4.69) is 53.0 Å². The van der Waals surface area contributed by atoms with Gasteiger partial charge in [0.2, 0.25) is 6.33 Å². The molecule has 0 saturated carbocycles. The van der Waals surface area contributed by atoms with E-state index >= 15 is 0 Å². The number of ketones is 2. The number of alkyl halides is 1. The summed E-state index contributed by atoms with van der Waals surface area (Å²) < 4.78 is 3.82. The number of aryl methyl sites for hydroxylation is 1. The number of nitrogens with one attached hydrogen (secondary N) is 2. The Morgan fingerprint density at radius 3 is 2.07 bits per heavy atom. The molecule has 4 rings (SSSR count). The Hall–Kier alpha value is -3.11. The average molecular weight is 678 g/mol. The fourth-order valence-electron chi connectivity index (χ4n) is 3.96. The highest BCUT2D eigenvalue weighted by molar-refractivity contribution is 9.08. The first-order chi connectivity index (χ1) is 20.9. The average Bonchev–Trinajstić information content (AvgIpc) is 3.51. The number of hydrogen-bond donors (Lipinski definition) is 4. The minimum Gasteiger partial charge on any atom is -0.398 e. The van der Waals surface area contributed by atoms with Gasteiger partial charge < -0.3 is 16.4 Å². The summed E-state index contributed by atoms with van der Waals surface area (Å²) in [6.07, 6.45) is 9.06. The molecule has 2 aromatic carbocycles. The molecule has 0 aliphatic heterocycles. The van der Waals surface area contributed by atoms with Crippen molar-refractivity contribution in [3.05, 3.63) is 77.4 Å². The maximum absolute atomic E-state index is 13.1. The number of benzene rings is 2. The minimum absolute atomic E-state index is 0.0534. The number of anilines is 2. The van der Waals surface area contributed by atoms with Crippen molar-refractivity contribution in [2.24, 2.45) is 0 Å². The summed E-state index contributed by atoms with van der Waals surface area (Å²) in [7, 11) is 0. The number of nitrogens with two attached hydrogens (primary N) is 1. The molecule has 8 nitrogen and oxygen atoms in total. The van der Waals surface area contributed by atoms with E-state index in [4.69, 9.17) is 5.73 Å². The van der Waals surface area contributed by atoms with E-state index in [1.165, 1.54) is 12.8 Å². The van der Waals surface area contributed by atoms with Crippen LogP contribution in [0.25, 0.3) is 0 Å². The Bertz CT molecular complexity index is 1260. The zero-order valence-electron chi connectivity index (χ0n) is 26.9. The number of nitrogens with zero attached hydrogens (tertiary/aromatic N) is 2. The second-order valence-electron chi connectivity index (χ2n) is 8.83. The third kappa shape index (κ3) is 12.2. The van der Waals surface area contributed by atoms with E-state index in [1.54, 1.807) is 36.4 Å². The van der Waals surface area contributed by atoms with Gasteiger partial charge in [0, 0.05) is 47.8 Å². The van der Waals surface area contributed by atoms with Crippen LogP contribution >= 0.6 is 28.6 Å². The van der Waals surface area contributed by atoms with Crippen LogP contribution in [0.2, 0.25) is 0 Å². The van der Waals surface area contributed by atoms with Gasteiger partial charge in [-0.25, -0.2) is 9.13 Å². The number of imidazole rings is 1. The molecule has 10 heteroatoms. The van der Waals surface area contributed by atoms with Crippen LogP contribution in [0.3, 0.4) is 0 Å². The van der Waals surface area contributed by atoms with Crippen molar-refractivity contribution in [3.63, 3.8) is 0 Å². The first-order valence-corrected chi connectivity index (χ1v) is 17.3. The van der Waals surface area contributed by atoms with E-state index < -0.39 is 0 Å². The topological polar surface area (TPSA) is 110 Å². The molecule has 0 radical (unpaired) electrons. The number of carbonyl (C=O) groups excluding carboxylic acids is 3. The highest BCUT2D eigenvalue weighted by atomic mass is 79.9. The van der Waals surface area contributed by atoms with Crippen molar-refractivity contribution >= 4 is 57.4 Å². The summed E-state index contributed by atoms with van der Waals surface area (Å²) in [5, 5.41) is 6.08. The largest absolute Gasteiger partial charge is 0.398 e. The molecule has 43 heavy (non-hydrogen) atoms. The first kappa shape index (κ1) is 39.9. The zero-order valence-corrected chi connectivity index (χ0v) is 29.4. The molecule has 1 amide bonds. The monoisotopic (exact) mass is 676 g/mol. The van der Waals surface area contributed by atoms with Gasteiger partial charge in [0.15, 0.2) is 18.1 Å². The molecule has 0 spiro atoms. The van der Waals surface area contributed by atoms with Gasteiger partial charge in [0.1, 0.15) is 12.4 Å². The maximum atomic E-state index is 13.1. The van der Waals surface area contributed by atoms with Crippen LogP contribution in [-0.4, -0.2) is 46.7 Å². The molecule has 0 atom stereocenters. The molecule has 1 aliphatic rings. The minimum atomic E-state index is -0.225. The Balaban J connectivity index is 0.00000158. The number of halogens is 1. The lowest BCUT2D eigenvalue weighted by atomic mass is 9.82. The third-order valence-electron chi connectivity index (χ3n) is 6.02. The number of aromatic nitrogens is 2. The normalized spacial score (nSPS) is 10.5. The van der Waals surface area contributed by atoms with Crippen molar-refractivity contribution < 1.29 is 19.0 Å². The summed E-state index contributed by atoms with van der Waals surface area (Å²) in [4.78, 5) is 37.9. The quantitative estimate of drug-likeness (QED) is 0.0501. The van der Waals surface area contributed by atoms with Gasteiger partial charge >= 0.3 is 0 Å². The van der Waals surface area contributed by atoms with E-state index in [-0.39, 0.29) is 29.6 Å². The summed E-state index contributed by atoms with van der Waals surface area (Å²) in [6.45, 7) is 14.5. The number of fused-ring (bicyclic) bond motifs is 2. The van der Waals surface area contributed by atoms with E-state index in [0.29, 0.717) is 46.9 Å². The van der Waals surface area contributed by atoms with Crippen LogP contribution in [0.15, 0.2) is 55.1 Å². The number of hydrogen-bond acceptors (Lipinski definition) is 6. The van der Waals surface area contributed by atoms with Gasteiger partial charge in [-0.1, -0.05) is 94.6 Å². The van der Waals surface area contributed by atoms with E-state index in [1.807, 2.05) is 61.4 Å². The molecule has 4 N–H and O–H groups in total. The Morgan fingerprint density at radius 1 is 0.930 bits per heavy atom. The van der Waals surface area contributed by atoms with Gasteiger partial charge in [-0.05, 0) is 18.0 Å². The highest BCUT2D eigenvalue weighted by Gasteiger charge is 2.33. The van der Waals surface area contributed by atoms with Crippen LogP contribution in [-0.2, 0) is 17.9 Å². The number of rotatable bonds is 10. The number of nitrogen functional groups attached to an aromatic ring is 1. The summed E-state index contributed by atoms with van der Waals surface area (Å²) >= 11 is 7.02. The molecule has 1 aromatic heterocycles. The van der Waals surface area contributed by atoms with Crippen LogP contribution in [0.1, 0.15) is 92.6 Å². The third-order valence-corrected chi connectivity index (χ3v) is 6.25. The van der Waals surface area contributed by atoms with Crippen LogP contribution in [0, 0.1) is 0 Å². The lowest BCUT2D eigenvalue weighted by Crippen LogP contribution is -2.42. The molecule has 1 aliphatic carbocycles. The smallest absolute Gasteiger partial charge is 0.262 e. The van der Waals surface area contributed by atoms with E-state index in [0.717, 1.165) is 13.0 Å². The van der Waals surface area contributed by atoms with Gasteiger partial charge in [0.25, 0.3) is 5.91 Å². The molecule has 0 fully saturated rings. The predicted octanol–water partition coefficient (Wildman–Crippen LogP) is 6.55. The van der Waals surface area contributed by atoms with Gasteiger partial charge in [-0.15, -0.1) is 0 Å². The molecular weight excluding hydrogens is 626 g/mol. The molecule has 1 heterocycles. The zero-order chi connectivity index (χ0) is 32.8. The summed E-state index contributed by atoms with van der Waals surface area (Å²) in [5.41, 5.74) is 8.38. The van der Waals surface area contributed by atoms with Gasteiger partial charge in [-0.2, -0.15) is 12.6 Å². The second-order valence-corrected chi connectivity index (χ2v) is 9.28. The van der Waals surface area contributed by atoms with Crippen molar-refractivity contribution in [1.82, 2.24) is 9.88 Å². The van der Waals surface area contributed by atoms with Crippen LogP contribution in [0.5, 0.6) is 0 Å². The highest BCUT2D eigenvalue weighted by Crippen LogP contribution is 2.35. The van der Waals surface area contributed by atoms with Crippen molar-refractivity contribution in [2.75, 3.05) is 35.7 Å². The maximum Gasteiger partial charge on any atom is 0.262 e. The van der Waals surface area contributed by atoms with Crippen molar-refractivity contribution in [3.8, 4) is 0 Å².